The van der Waals surface area contributed by atoms with Gasteiger partial charge >= 0.3 is 5.97 Å². The highest BCUT2D eigenvalue weighted by Crippen LogP contribution is 2.23. The monoisotopic (exact) mass is 286 g/mol. The van der Waals surface area contributed by atoms with Crippen LogP contribution in [0.15, 0.2) is 24.3 Å². The summed E-state index contributed by atoms with van der Waals surface area (Å²) in [6, 6.07) is 8.27. The third-order valence-corrected chi connectivity index (χ3v) is 3.81. The summed E-state index contributed by atoms with van der Waals surface area (Å²) in [6.07, 6.45) is 9.29. The molecule has 0 aromatic heterocycles. The van der Waals surface area contributed by atoms with Crippen molar-refractivity contribution in [3.8, 4) is 12.3 Å². The zero-order chi connectivity index (χ0) is 15.1. The quantitative estimate of drug-likeness (QED) is 0.816. The second-order valence-corrected chi connectivity index (χ2v) is 5.33. The summed E-state index contributed by atoms with van der Waals surface area (Å²) in [5, 5.41) is 8.81. The van der Waals surface area contributed by atoms with Crippen LogP contribution in [0.1, 0.15) is 25.7 Å². The molecule has 1 aliphatic heterocycles. The molecule has 0 spiro atoms. The topological polar surface area (TPSA) is 43.8 Å². The van der Waals surface area contributed by atoms with E-state index in [4.69, 9.17) is 11.5 Å². The Morgan fingerprint density at radius 3 is 2.48 bits per heavy atom. The van der Waals surface area contributed by atoms with Crippen molar-refractivity contribution in [2.45, 2.75) is 25.7 Å². The zero-order valence-corrected chi connectivity index (χ0v) is 12.3. The van der Waals surface area contributed by atoms with E-state index in [1.165, 1.54) is 24.9 Å². The number of benzene rings is 1. The highest BCUT2D eigenvalue weighted by Gasteiger charge is 2.12. The number of piperidine rings is 1. The third-order valence-electron chi connectivity index (χ3n) is 3.81. The smallest absolute Gasteiger partial charge is 0.305 e. The molecular weight excluding hydrogens is 264 g/mol. The third kappa shape index (κ3) is 4.42. The second-order valence-electron chi connectivity index (χ2n) is 5.33. The molecule has 0 aliphatic carbocycles. The maximum atomic E-state index is 10.7. The number of hydrogen-bond donors (Lipinski definition) is 1. The van der Waals surface area contributed by atoms with Crippen LogP contribution in [0.4, 0.5) is 11.4 Å². The van der Waals surface area contributed by atoms with Gasteiger partial charge in [-0.3, -0.25) is 4.79 Å². The molecule has 0 atom stereocenters. The van der Waals surface area contributed by atoms with Gasteiger partial charge in [0.05, 0.1) is 13.0 Å². The Hall–Kier alpha value is -2.15. The van der Waals surface area contributed by atoms with Crippen molar-refractivity contribution in [2.75, 3.05) is 36.0 Å². The van der Waals surface area contributed by atoms with Crippen molar-refractivity contribution in [3.63, 3.8) is 0 Å². The summed E-state index contributed by atoms with van der Waals surface area (Å²) in [6.45, 7) is 3.10. The molecule has 1 N–H and O–H groups in total. The van der Waals surface area contributed by atoms with E-state index in [9.17, 15) is 4.79 Å². The van der Waals surface area contributed by atoms with Crippen molar-refractivity contribution in [1.29, 1.82) is 0 Å². The number of anilines is 2. The molecule has 1 aliphatic rings. The number of hydrogen-bond acceptors (Lipinski definition) is 3. The maximum Gasteiger partial charge on any atom is 0.305 e. The van der Waals surface area contributed by atoms with Crippen LogP contribution in [0, 0.1) is 12.3 Å². The van der Waals surface area contributed by atoms with Crippen LogP contribution in [-0.2, 0) is 4.79 Å². The minimum absolute atomic E-state index is 0.0928. The average Bonchev–Trinajstić information content (AvgIpc) is 2.52. The Labute approximate surface area is 126 Å². The van der Waals surface area contributed by atoms with E-state index in [-0.39, 0.29) is 6.42 Å². The molecule has 4 nitrogen and oxygen atoms in total. The lowest BCUT2D eigenvalue weighted by atomic mass is 10.1. The van der Waals surface area contributed by atoms with Crippen LogP contribution in [0.2, 0.25) is 0 Å². The minimum Gasteiger partial charge on any atom is -0.481 e. The first-order valence-electron chi connectivity index (χ1n) is 7.46. The summed E-state index contributed by atoms with van der Waals surface area (Å²) in [4.78, 5) is 15.0. The van der Waals surface area contributed by atoms with E-state index in [1.807, 2.05) is 17.0 Å². The molecule has 1 fully saturated rings. The molecule has 1 heterocycles. The van der Waals surface area contributed by atoms with Gasteiger partial charge in [-0.2, -0.15) is 0 Å². The molecule has 0 amide bonds. The first-order chi connectivity index (χ1) is 10.2. The summed E-state index contributed by atoms with van der Waals surface area (Å²) in [5.41, 5.74) is 2.22. The molecule has 0 radical (unpaired) electrons. The lowest BCUT2D eigenvalue weighted by Gasteiger charge is -2.29. The first kappa shape index (κ1) is 15.2. The molecule has 0 saturated carbocycles. The van der Waals surface area contributed by atoms with Crippen molar-refractivity contribution in [1.82, 2.24) is 0 Å². The number of carboxylic acids is 1. The largest absolute Gasteiger partial charge is 0.481 e. The van der Waals surface area contributed by atoms with Crippen molar-refractivity contribution < 1.29 is 9.90 Å². The molecule has 4 heteroatoms. The van der Waals surface area contributed by atoms with Gasteiger partial charge in [-0.25, -0.2) is 0 Å². The van der Waals surface area contributed by atoms with Gasteiger partial charge < -0.3 is 14.9 Å². The lowest BCUT2D eigenvalue weighted by Crippen LogP contribution is -2.29. The van der Waals surface area contributed by atoms with E-state index in [0.717, 1.165) is 18.8 Å². The minimum atomic E-state index is -0.804. The van der Waals surface area contributed by atoms with Gasteiger partial charge in [0.15, 0.2) is 0 Å². The standard InChI is InChI=1S/C17H22N2O2/c1-2-11-18(14-10-17(20)21)15-6-8-16(9-7-15)19-12-4-3-5-13-19/h1,6-9H,3-5,10-14H2,(H,20,21). The number of carboxylic acid groups (broad SMARTS) is 1. The van der Waals surface area contributed by atoms with Gasteiger partial charge in [-0.05, 0) is 43.5 Å². The fraction of sp³-hybridized carbons (Fsp3) is 0.471. The lowest BCUT2D eigenvalue weighted by molar-refractivity contribution is -0.136. The van der Waals surface area contributed by atoms with Crippen LogP contribution >= 0.6 is 0 Å². The SMILES string of the molecule is C#CCN(CCC(=O)O)c1ccc(N2CCCCC2)cc1. The fourth-order valence-corrected chi connectivity index (χ4v) is 2.67. The highest BCUT2D eigenvalue weighted by molar-refractivity contribution is 5.68. The molecular formula is C17H22N2O2. The number of rotatable bonds is 6. The van der Waals surface area contributed by atoms with E-state index < -0.39 is 5.97 Å². The van der Waals surface area contributed by atoms with Gasteiger partial charge in [0.2, 0.25) is 0 Å². The van der Waals surface area contributed by atoms with E-state index in [1.54, 1.807) is 0 Å². The Balaban J connectivity index is 2.04. The summed E-state index contributed by atoms with van der Waals surface area (Å²) in [5.74, 6) is 1.79. The Kier molecular flexibility index (Phi) is 5.51. The van der Waals surface area contributed by atoms with Gasteiger partial charge in [0.1, 0.15) is 0 Å². The Morgan fingerprint density at radius 2 is 1.90 bits per heavy atom. The fourth-order valence-electron chi connectivity index (χ4n) is 2.67. The molecule has 1 aromatic rings. The Morgan fingerprint density at radius 1 is 1.24 bits per heavy atom. The van der Waals surface area contributed by atoms with E-state index in [0.29, 0.717) is 13.1 Å². The highest BCUT2D eigenvalue weighted by atomic mass is 16.4. The van der Waals surface area contributed by atoms with E-state index >= 15 is 0 Å². The number of nitrogens with zero attached hydrogens (tertiary/aromatic N) is 2. The molecule has 21 heavy (non-hydrogen) atoms. The van der Waals surface area contributed by atoms with Crippen LogP contribution in [0.3, 0.4) is 0 Å². The number of terminal acetylenes is 1. The summed E-state index contributed by atoms with van der Waals surface area (Å²) in [7, 11) is 0. The predicted octanol–water partition coefficient (Wildman–Crippen LogP) is 2.59. The van der Waals surface area contributed by atoms with Gasteiger partial charge in [0, 0.05) is 31.0 Å². The molecule has 0 unspecified atom stereocenters. The second kappa shape index (κ2) is 7.58. The molecule has 1 aromatic carbocycles. The molecule has 2 rings (SSSR count). The number of aliphatic carboxylic acids is 1. The van der Waals surface area contributed by atoms with E-state index in [2.05, 4.69) is 23.0 Å². The zero-order valence-electron chi connectivity index (χ0n) is 12.3. The van der Waals surface area contributed by atoms with Gasteiger partial charge in [-0.15, -0.1) is 6.42 Å². The van der Waals surface area contributed by atoms with Crippen LogP contribution in [0.25, 0.3) is 0 Å². The van der Waals surface area contributed by atoms with Gasteiger partial charge in [-0.1, -0.05) is 5.92 Å². The maximum absolute atomic E-state index is 10.7. The van der Waals surface area contributed by atoms with Crippen molar-refractivity contribution in [2.24, 2.45) is 0 Å². The van der Waals surface area contributed by atoms with Crippen molar-refractivity contribution >= 4 is 17.3 Å². The normalized spacial score (nSPS) is 14.5. The Bertz CT molecular complexity index is 499. The first-order valence-corrected chi connectivity index (χ1v) is 7.46. The number of carbonyl (C=O) groups is 1. The molecule has 112 valence electrons. The molecule has 1 saturated heterocycles. The summed E-state index contributed by atoms with van der Waals surface area (Å²) >= 11 is 0. The van der Waals surface area contributed by atoms with Gasteiger partial charge in [0.25, 0.3) is 0 Å². The molecule has 0 bridgehead atoms. The summed E-state index contributed by atoms with van der Waals surface area (Å²) < 4.78 is 0. The van der Waals surface area contributed by atoms with Crippen LogP contribution in [-0.4, -0.2) is 37.3 Å². The predicted molar refractivity (Wildman–Crippen MR) is 85.8 cm³/mol. The van der Waals surface area contributed by atoms with Crippen LogP contribution in [0.5, 0.6) is 0 Å². The van der Waals surface area contributed by atoms with Crippen LogP contribution < -0.4 is 9.80 Å². The van der Waals surface area contributed by atoms with Crippen molar-refractivity contribution in [3.05, 3.63) is 24.3 Å². The average molecular weight is 286 g/mol.